The molecule has 1 rings (SSSR count). The Morgan fingerprint density at radius 3 is 2.62 bits per heavy atom. The first-order chi connectivity index (χ1) is 6.24. The molecule has 0 saturated carbocycles. The molecule has 1 atom stereocenters. The predicted molar refractivity (Wildman–Crippen MR) is 50.2 cm³/mol. The molecule has 0 aliphatic carbocycles. The van der Waals surface area contributed by atoms with Gasteiger partial charge in [0.15, 0.2) is 0 Å². The van der Waals surface area contributed by atoms with E-state index in [9.17, 15) is 4.79 Å². The molecule has 0 radical (unpaired) electrons. The highest BCUT2D eigenvalue weighted by Gasteiger charge is 2.07. The summed E-state index contributed by atoms with van der Waals surface area (Å²) in [6.45, 7) is 1.80. The average Bonchev–Trinajstić information content (AvgIpc) is 2.19. The van der Waals surface area contributed by atoms with Crippen LogP contribution in [-0.4, -0.2) is 17.2 Å². The number of aliphatic hydroxyl groups excluding tert-OH is 1. The first-order valence-corrected chi connectivity index (χ1v) is 4.28. The van der Waals surface area contributed by atoms with Crippen molar-refractivity contribution >= 4 is 5.91 Å². The first-order valence-electron chi connectivity index (χ1n) is 4.28. The van der Waals surface area contributed by atoms with Crippen molar-refractivity contribution in [3.8, 4) is 0 Å². The van der Waals surface area contributed by atoms with E-state index in [-0.39, 0.29) is 5.91 Å². The van der Waals surface area contributed by atoms with E-state index in [1.165, 1.54) is 0 Å². The Hall–Kier alpha value is -1.35. The Balaban J connectivity index is 2.59. The molecule has 1 aromatic rings. The van der Waals surface area contributed by atoms with E-state index in [0.717, 1.165) is 0 Å². The summed E-state index contributed by atoms with van der Waals surface area (Å²) < 4.78 is 0. The number of carbonyl (C=O) groups excluding carboxylic acids is 1. The lowest BCUT2D eigenvalue weighted by molar-refractivity contribution is 0.0776. The van der Waals surface area contributed by atoms with E-state index >= 15 is 0 Å². The molecule has 0 fully saturated rings. The van der Waals surface area contributed by atoms with Gasteiger partial charge in [-0.15, -0.1) is 0 Å². The van der Waals surface area contributed by atoms with E-state index in [0.29, 0.717) is 12.0 Å². The van der Waals surface area contributed by atoms with Gasteiger partial charge in [0.1, 0.15) is 6.23 Å². The van der Waals surface area contributed by atoms with Gasteiger partial charge >= 0.3 is 0 Å². The molecular formula is C10H13NO2. The Morgan fingerprint density at radius 1 is 1.46 bits per heavy atom. The van der Waals surface area contributed by atoms with Crippen molar-refractivity contribution in [2.24, 2.45) is 0 Å². The van der Waals surface area contributed by atoms with Crippen LogP contribution in [-0.2, 0) is 0 Å². The van der Waals surface area contributed by atoms with Gasteiger partial charge in [0, 0.05) is 5.56 Å². The zero-order chi connectivity index (χ0) is 9.68. The van der Waals surface area contributed by atoms with Crippen molar-refractivity contribution in [3.63, 3.8) is 0 Å². The van der Waals surface area contributed by atoms with Gasteiger partial charge in [-0.1, -0.05) is 25.1 Å². The second-order valence-corrected chi connectivity index (χ2v) is 2.76. The zero-order valence-electron chi connectivity index (χ0n) is 7.53. The van der Waals surface area contributed by atoms with Gasteiger partial charge in [0.25, 0.3) is 5.91 Å². The fourth-order valence-electron chi connectivity index (χ4n) is 0.926. The number of aliphatic hydroxyl groups is 1. The average molecular weight is 179 g/mol. The third kappa shape index (κ3) is 2.87. The van der Waals surface area contributed by atoms with Crippen LogP contribution in [0.4, 0.5) is 0 Å². The molecule has 0 aliphatic rings. The Labute approximate surface area is 77.4 Å². The lowest BCUT2D eigenvalue weighted by Crippen LogP contribution is -2.33. The second-order valence-electron chi connectivity index (χ2n) is 2.76. The van der Waals surface area contributed by atoms with Crippen LogP contribution < -0.4 is 5.32 Å². The quantitative estimate of drug-likeness (QED) is 0.684. The Bertz CT molecular complexity index is 272. The van der Waals surface area contributed by atoms with Crippen LogP contribution in [0.2, 0.25) is 0 Å². The number of nitrogens with one attached hydrogen (secondary N) is 1. The lowest BCUT2D eigenvalue weighted by Gasteiger charge is -2.09. The van der Waals surface area contributed by atoms with E-state index in [2.05, 4.69) is 5.32 Å². The largest absolute Gasteiger partial charge is 0.374 e. The summed E-state index contributed by atoms with van der Waals surface area (Å²) in [6, 6.07) is 8.82. The number of benzene rings is 1. The van der Waals surface area contributed by atoms with Crippen molar-refractivity contribution in [2.45, 2.75) is 19.6 Å². The van der Waals surface area contributed by atoms with Gasteiger partial charge in [-0.25, -0.2) is 0 Å². The van der Waals surface area contributed by atoms with Crippen LogP contribution >= 0.6 is 0 Å². The van der Waals surface area contributed by atoms with Crippen LogP contribution in [0.1, 0.15) is 23.7 Å². The third-order valence-electron chi connectivity index (χ3n) is 1.72. The minimum Gasteiger partial charge on any atom is -0.374 e. The molecule has 0 heterocycles. The van der Waals surface area contributed by atoms with Gasteiger partial charge in [0.2, 0.25) is 0 Å². The second kappa shape index (κ2) is 4.62. The summed E-state index contributed by atoms with van der Waals surface area (Å²) >= 11 is 0. The first kappa shape index (κ1) is 9.74. The molecule has 0 bridgehead atoms. The van der Waals surface area contributed by atoms with E-state index in [1.54, 1.807) is 31.2 Å². The summed E-state index contributed by atoms with van der Waals surface area (Å²) in [5, 5.41) is 11.6. The summed E-state index contributed by atoms with van der Waals surface area (Å²) in [5.41, 5.74) is 0.565. The maximum absolute atomic E-state index is 11.3. The number of amides is 1. The SMILES string of the molecule is CC[C@@H](O)NC(=O)c1ccccc1. The highest BCUT2D eigenvalue weighted by Crippen LogP contribution is 1.98. The van der Waals surface area contributed by atoms with Crippen molar-refractivity contribution in [1.82, 2.24) is 5.32 Å². The van der Waals surface area contributed by atoms with Crippen LogP contribution in [0.5, 0.6) is 0 Å². The fraction of sp³-hybridized carbons (Fsp3) is 0.300. The minimum atomic E-state index is -0.757. The number of rotatable bonds is 3. The molecule has 0 saturated heterocycles. The van der Waals surface area contributed by atoms with Crippen molar-refractivity contribution < 1.29 is 9.90 Å². The smallest absolute Gasteiger partial charge is 0.253 e. The van der Waals surface area contributed by atoms with Gasteiger partial charge in [-0.3, -0.25) is 4.79 Å². The molecule has 0 unspecified atom stereocenters. The van der Waals surface area contributed by atoms with Crippen LogP contribution in [0, 0.1) is 0 Å². The fourth-order valence-corrected chi connectivity index (χ4v) is 0.926. The topological polar surface area (TPSA) is 49.3 Å². The van der Waals surface area contributed by atoms with Crippen LogP contribution in [0.3, 0.4) is 0 Å². The molecule has 70 valence electrons. The molecular weight excluding hydrogens is 166 g/mol. The van der Waals surface area contributed by atoms with Crippen molar-refractivity contribution in [2.75, 3.05) is 0 Å². The maximum atomic E-state index is 11.3. The molecule has 3 nitrogen and oxygen atoms in total. The standard InChI is InChI=1S/C10H13NO2/c1-2-9(12)11-10(13)8-6-4-3-5-7-8/h3-7,9,12H,2H2,1H3,(H,11,13)/t9-/m1/s1. The van der Waals surface area contributed by atoms with Crippen LogP contribution in [0.15, 0.2) is 30.3 Å². The molecule has 13 heavy (non-hydrogen) atoms. The number of carbonyl (C=O) groups is 1. The number of hydrogen-bond acceptors (Lipinski definition) is 2. The molecule has 1 aromatic carbocycles. The molecule has 3 heteroatoms. The summed E-state index contributed by atoms with van der Waals surface area (Å²) in [5.74, 6) is -0.241. The number of hydrogen-bond donors (Lipinski definition) is 2. The molecule has 0 spiro atoms. The maximum Gasteiger partial charge on any atom is 0.253 e. The van der Waals surface area contributed by atoms with Gasteiger partial charge < -0.3 is 10.4 Å². The minimum absolute atomic E-state index is 0.241. The zero-order valence-corrected chi connectivity index (χ0v) is 7.53. The Morgan fingerprint density at radius 2 is 2.08 bits per heavy atom. The van der Waals surface area contributed by atoms with Crippen molar-refractivity contribution in [3.05, 3.63) is 35.9 Å². The van der Waals surface area contributed by atoms with Gasteiger partial charge in [0.05, 0.1) is 0 Å². The van der Waals surface area contributed by atoms with Crippen molar-refractivity contribution in [1.29, 1.82) is 0 Å². The van der Waals surface area contributed by atoms with Crippen LogP contribution in [0.25, 0.3) is 0 Å². The summed E-state index contributed by atoms with van der Waals surface area (Å²) in [6.07, 6.45) is -0.244. The van der Waals surface area contributed by atoms with Gasteiger partial charge in [-0.2, -0.15) is 0 Å². The Kier molecular flexibility index (Phi) is 3.46. The lowest BCUT2D eigenvalue weighted by atomic mass is 10.2. The molecule has 0 aliphatic heterocycles. The van der Waals surface area contributed by atoms with Gasteiger partial charge in [-0.05, 0) is 18.6 Å². The summed E-state index contributed by atoms with van der Waals surface area (Å²) in [4.78, 5) is 11.3. The van der Waals surface area contributed by atoms with E-state index < -0.39 is 6.23 Å². The third-order valence-corrected chi connectivity index (χ3v) is 1.72. The molecule has 1 amide bonds. The highest BCUT2D eigenvalue weighted by atomic mass is 16.3. The monoisotopic (exact) mass is 179 g/mol. The molecule has 2 N–H and O–H groups in total. The summed E-state index contributed by atoms with van der Waals surface area (Å²) in [7, 11) is 0. The highest BCUT2D eigenvalue weighted by molar-refractivity contribution is 5.94. The van der Waals surface area contributed by atoms with E-state index in [4.69, 9.17) is 5.11 Å². The van der Waals surface area contributed by atoms with E-state index in [1.807, 2.05) is 6.07 Å². The normalized spacial score (nSPS) is 12.2. The molecule has 0 aromatic heterocycles. The predicted octanol–water partition coefficient (Wildman–Crippen LogP) is 1.14.